The van der Waals surface area contributed by atoms with Crippen molar-refractivity contribution >= 4 is 19.9 Å². The van der Waals surface area contributed by atoms with Gasteiger partial charge in [-0.15, -0.1) is 0 Å². The Kier molecular flexibility index (Phi) is 6.65. The monoisotopic (exact) mass is 399 g/mol. The normalized spacial score (nSPS) is 13.8. The minimum atomic E-state index is -3.82. The Morgan fingerprint density at radius 2 is 1.69 bits per heavy atom. The zero-order valence-corrected chi connectivity index (χ0v) is 16.8. The van der Waals surface area contributed by atoms with Crippen LogP contribution in [0.1, 0.15) is 49.7 Å². The van der Waals surface area contributed by atoms with Crippen LogP contribution in [0.25, 0.3) is 0 Å². The lowest BCUT2D eigenvalue weighted by Crippen LogP contribution is -2.33. The first-order valence-electron chi connectivity index (χ1n) is 8.52. The van der Waals surface area contributed by atoms with Crippen molar-refractivity contribution in [2.24, 2.45) is 0 Å². The molecule has 0 bridgehead atoms. The number of nitrogens with one attached hydrogen (secondary N) is 1. The second kappa shape index (κ2) is 8.37. The van der Waals surface area contributed by atoms with E-state index in [0.717, 1.165) is 5.56 Å². The van der Waals surface area contributed by atoms with Crippen LogP contribution >= 0.6 is 0 Å². The highest BCUT2D eigenvalue weighted by molar-refractivity contribution is 7.92. The lowest BCUT2D eigenvalue weighted by Gasteiger charge is -2.17. The summed E-state index contributed by atoms with van der Waals surface area (Å²) >= 11 is 0. The Morgan fingerprint density at radius 1 is 1.04 bits per heavy atom. The van der Waals surface area contributed by atoms with Crippen LogP contribution in [0.2, 0.25) is 0 Å². The van der Waals surface area contributed by atoms with Crippen LogP contribution in [0.5, 0.6) is 0 Å². The van der Waals surface area contributed by atoms with E-state index in [1.807, 2.05) is 13.8 Å². The standard InChI is InChI=1S/C18H25NO5S2/c1-4-12-25(20,21)19-13-18(17-6-5-11-24-17)26(22,23)16-9-7-15(8-10-16)14(2)3/h5-11,14,18-19H,4,12-13H2,1-3H3/t18-/m1/s1. The molecule has 26 heavy (non-hydrogen) atoms. The van der Waals surface area contributed by atoms with Crippen molar-refractivity contribution < 1.29 is 21.3 Å². The Labute approximate surface area is 155 Å². The Morgan fingerprint density at radius 3 is 2.19 bits per heavy atom. The van der Waals surface area contributed by atoms with Gasteiger partial charge in [0.15, 0.2) is 9.84 Å². The van der Waals surface area contributed by atoms with E-state index in [4.69, 9.17) is 4.42 Å². The summed E-state index contributed by atoms with van der Waals surface area (Å²) in [6.45, 7) is 5.52. The molecule has 0 amide bonds. The predicted molar refractivity (Wildman–Crippen MR) is 101 cm³/mol. The maximum atomic E-state index is 13.1. The van der Waals surface area contributed by atoms with Crippen molar-refractivity contribution in [3.8, 4) is 0 Å². The molecule has 0 radical (unpaired) electrons. The van der Waals surface area contributed by atoms with Gasteiger partial charge in [0.1, 0.15) is 11.0 Å². The molecule has 2 rings (SSSR count). The quantitative estimate of drug-likeness (QED) is 0.699. The maximum absolute atomic E-state index is 13.1. The van der Waals surface area contributed by atoms with Crippen LogP contribution in [-0.2, 0) is 19.9 Å². The third kappa shape index (κ3) is 4.96. The van der Waals surface area contributed by atoms with Gasteiger partial charge in [-0.1, -0.05) is 32.9 Å². The van der Waals surface area contributed by atoms with Crippen LogP contribution in [0.3, 0.4) is 0 Å². The third-order valence-corrected chi connectivity index (χ3v) is 7.70. The summed E-state index contributed by atoms with van der Waals surface area (Å²) in [6, 6.07) is 9.79. The van der Waals surface area contributed by atoms with Crippen molar-refractivity contribution in [3.05, 3.63) is 54.0 Å². The van der Waals surface area contributed by atoms with E-state index in [-0.39, 0.29) is 28.9 Å². The molecule has 1 N–H and O–H groups in total. The smallest absolute Gasteiger partial charge is 0.211 e. The van der Waals surface area contributed by atoms with Gasteiger partial charge in [-0.25, -0.2) is 21.6 Å². The molecule has 1 aromatic heterocycles. The number of sulfone groups is 1. The van der Waals surface area contributed by atoms with Crippen molar-refractivity contribution in [1.29, 1.82) is 0 Å². The summed E-state index contributed by atoms with van der Waals surface area (Å²) in [6.07, 6.45) is 1.82. The van der Waals surface area contributed by atoms with Crippen molar-refractivity contribution in [1.82, 2.24) is 4.72 Å². The number of benzene rings is 1. The molecule has 1 atom stereocenters. The molecule has 6 nitrogen and oxygen atoms in total. The van der Waals surface area contributed by atoms with E-state index < -0.39 is 25.1 Å². The number of furan rings is 1. The second-order valence-corrected chi connectivity index (χ2v) is 10.5. The Hall–Kier alpha value is -1.64. The summed E-state index contributed by atoms with van der Waals surface area (Å²) in [7, 11) is -7.36. The summed E-state index contributed by atoms with van der Waals surface area (Å²) in [5.74, 6) is 0.437. The van der Waals surface area contributed by atoms with Crippen LogP contribution in [0.15, 0.2) is 52.0 Å². The number of sulfonamides is 1. The van der Waals surface area contributed by atoms with Gasteiger partial charge in [-0.05, 0) is 42.2 Å². The summed E-state index contributed by atoms with van der Waals surface area (Å²) in [5, 5.41) is -1.13. The first-order valence-corrected chi connectivity index (χ1v) is 11.7. The molecule has 1 heterocycles. The molecule has 0 aliphatic rings. The lowest BCUT2D eigenvalue weighted by atomic mass is 10.0. The van der Waals surface area contributed by atoms with Crippen LogP contribution in [-0.4, -0.2) is 29.1 Å². The molecule has 0 aliphatic heterocycles. The predicted octanol–water partition coefficient (Wildman–Crippen LogP) is 3.25. The van der Waals surface area contributed by atoms with Gasteiger partial charge in [0.05, 0.1) is 16.9 Å². The first kappa shape index (κ1) is 20.7. The van der Waals surface area contributed by atoms with Crippen LogP contribution in [0.4, 0.5) is 0 Å². The molecular weight excluding hydrogens is 374 g/mol. The van der Waals surface area contributed by atoms with Gasteiger partial charge in [0, 0.05) is 6.54 Å². The molecule has 144 valence electrons. The largest absolute Gasteiger partial charge is 0.468 e. The van der Waals surface area contributed by atoms with Crippen molar-refractivity contribution in [2.45, 2.75) is 43.3 Å². The van der Waals surface area contributed by atoms with E-state index >= 15 is 0 Å². The number of hydrogen-bond donors (Lipinski definition) is 1. The fourth-order valence-electron chi connectivity index (χ4n) is 2.59. The summed E-state index contributed by atoms with van der Waals surface area (Å²) in [5.41, 5.74) is 1.03. The average Bonchev–Trinajstić information content (AvgIpc) is 3.08. The molecule has 2 aromatic rings. The van der Waals surface area contributed by atoms with Gasteiger partial charge < -0.3 is 4.42 Å². The van der Waals surface area contributed by atoms with Gasteiger partial charge in [-0.2, -0.15) is 0 Å². The summed E-state index contributed by atoms with van der Waals surface area (Å²) in [4.78, 5) is 0.137. The molecule has 0 spiro atoms. The molecule has 8 heteroatoms. The van der Waals surface area contributed by atoms with Crippen molar-refractivity contribution in [3.63, 3.8) is 0 Å². The maximum Gasteiger partial charge on any atom is 0.211 e. The highest BCUT2D eigenvalue weighted by Crippen LogP contribution is 2.30. The van der Waals surface area contributed by atoms with E-state index in [0.29, 0.717) is 6.42 Å². The number of hydrogen-bond acceptors (Lipinski definition) is 5. The molecule has 0 saturated heterocycles. The highest BCUT2D eigenvalue weighted by atomic mass is 32.2. The molecular formula is C18H25NO5S2. The van der Waals surface area contributed by atoms with Crippen LogP contribution < -0.4 is 4.72 Å². The first-order chi connectivity index (χ1) is 12.2. The van der Waals surface area contributed by atoms with Gasteiger partial charge in [0.25, 0.3) is 0 Å². The van der Waals surface area contributed by atoms with E-state index in [1.165, 1.54) is 6.26 Å². The van der Waals surface area contributed by atoms with Crippen LogP contribution in [0, 0.1) is 0 Å². The minimum absolute atomic E-state index is 0.0546. The zero-order valence-electron chi connectivity index (χ0n) is 15.2. The van der Waals surface area contributed by atoms with E-state index in [2.05, 4.69) is 4.72 Å². The van der Waals surface area contributed by atoms with Gasteiger partial charge in [0.2, 0.25) is 10.0 Å². The zero-order chi connectivity index (χ0) is 19.4. The molecule has 0 saturated carbocycles. The summed E-state index contributed by atoms with van der Waals surface area (Å²) < 4.78 is 57.7. The van der Waals surface area contributed by atoms with Gasteiger partial charge in [-0.3, -0.25) is 0 Å². The highest BCUT2D eigenvalue weighted by Gasteiger charge is 2.32. The van der Waals surface area contributed by atoms with Crippen molar-refractivity contribution in [2.75, 3.05) is 12.3 Å². The lowest BCUT2D eigenvalue weighted by molar-refractivity contribution is 0.486. The Bertz CT molecular complexity index is 899. The second-order valence-electron chi connectivity index (χ2n) is 6.44. The van der Waals surface area contributed by atoms with Gasteiger partial charge >= 0.3 is 0 Å². The SMILES string of the molecule is CCCS(=O)(=O)NC[C@H](c1ccco1)S(=O)(=O)c1ccc(C(C)C)cc1. The topological polar surface area (TPSA) is 93.4 Å². The molecule has 0 unspecified atom stereocenters. The van der Waals surface area contributed by atoms with E-state index in [1.54, 1.807) is 43.3 Å². The molecule has 0 aliphatic carbocycles. The van der Waals surface area contributed by atoms with E-state index in [9.17, 15) is 16.8 Å². The third-order valence-electron chi connectivity index (χ3n) is 4.07. The molecule has 1 aromatic carbocycles. The average molecular weight is 400 g/mol. The Balaban J connectivity index is 2.35. The fraction of sp³-hybridized carbons (Fsp3) is 0.444. The molecule has 0 fully saturated rings. The number of rotatable bonds is 9. The minimum Gasteiger partial charge on any atom is -0.468 e. The fourth-order valence-corrected chi connectivity index (χ4v) is 5.38.